The highest BCUT2D eigenvalue weighted by molar-refractivity contribution is 6.13. The summed E-state index contributed by atoms with van der Waals surface area (Å²) in [5.41, 5.74) is 12.6. The third-order valence-corrected chi connectivity index (χ3v) is 8.81. The number of nitrogens with zero attached hydrogens (tertiary/aromatic N) is 2. The van der Waals surface area contributed by atoms with Gasteiger partial charge in [0, 0.05) is 27.5 Å². The molecule has 0 fully saturated rings. The first-order valence-electron chi connectivity index (χ1n) is 15.5. The van der Waals surface area contributed by atoms with Crippen LogP contribution in [0.25, 0.3) is 77.6 Å². The van der Waals surface area contributed by atoms with E-state index in [9.17, 15) is 10.5 Å². The summed E-state index contributed by atoms with van der Waals surface area (Å²) in [6.45, 7) is 0. The Bertz CT molecular complexity index is 2510. The second-order valence-corrected chi connectivity index (χ2v) is 11.5. The molecule has 0 aliphatic heterocycles. The van der Waals surface area contributed by atoms with Crippen molar-refractivity contribution >= 4 is 21.9 Å². The van der Waals surface area contributed by atoms with E-state index in [1.54, 1.807) is 0 Å². The summed E-state index contributed by atoms with van der Waals surface area (Å²) in [6, 6.07) is 57.8. The normalized spacial score (nSPS) is 10.9. The molecule has 0 radical (unpaired) electrons. The summed E-state index contributed by atoms with van der Waals surface area (Å²) in [5, 5.41) is 22.3. The second-order valence-electron chi connectivity index (χ2n) is 11.5. The number of nitriles is 2. The zero-order valence-corrected chi connectivity index (χ0v) is 25.3. The SMILES string of the molecule is N#Cc1ccccc1-c1cccc2oc3cc(-c4cc(-c5ccccc5)c(C#N)c(-c5ccc(-c6ccccc6)cc5)c4)ccc3c12. The number of furan rings is 1. The predicted octanol–water partition coefficient (Wildman–Crippen LogP) is 11.7. The largest absolute Gasteiger partial charge is 0.456 e. The van der Waals surface area contributed by atoms with Gasteiger partial charge in [0.15, 0.2) is 0 Å². The fourth-order valence-electron chi connectivity index (χ4n) is 6.52. The summed E-state index contributed by atoms with van der Waals surface area (Å²) in [6.07, 6.45) is 0. The number of hydrogen-bond donors (Lipinski definition) is 0. The highest BCUT2D eigenvalue weighted by atomic mass is 16.3. The molecule has 218 valence electrons. The molecule has 0 aliphatic rings. The first kappa shape index (κ1) is 27.8. The van der Waals surface area contributed by atoms with Crippen molar-refractivity contribution in [3.63, 3.8) is 0 Å². The highest BCUT2D eigenvalue weighted by Crippen LogP contribution is 2.41. The maximum atomic E-state index is 10.5. The first-order chi connectivity index (χ1) is 23.2. The van der Waals surface area contributed by atoms with Gasteiger partial charge in [-0.25, -0.2) is 0 Å². The van der Waals surface area contributed by atoms with Crippen LogP contribution in [0.2, 0.25) is 0 Å². The summed E-state index contributed by atoms with van der Waals surface area (Å²) >= 11 is 0. The van der Waals surface area contributed by atoms with Crippen molar-refractivity contribution in [1.82, 2.24) is 0 Å². The Morgan fingerprint density at radius 3 is 1.66 bits per heavy atom. The lowest BCUT2D eigenvalue weighted by atomic mass is 9.87. The number of fused-ring (bicyclic) bond motifs is 3. The van der Waals surface area contributed by atoms with Crippen LogP contribution in [0, 0.1) is 22.7 Å². The molecule has 1 aromatic heterocycles. The lowest BCUT2D eigenvalue weighted by Crippen LogP contribution is -1.93. The summed E-state index contributed by atoms with van der Waals surface area (Å²) in [4.78, 5) is 0. The fourth-order valence-corrected chi connectivity index (χ4v) is 6.52. The molecule has 0 saturated carbocycles. The summed E-state index contributed by atoms with van der Waals surface area (Å²) in [5.74, 6) is 0. The van der Waals surface area contributed by atoms with Gasteiger partial charge in [0.1, 0.15) is 17.2 Å². The molecule has 0 bridgehead atoms. The van der Waals surface area contributed by atoms with E-state index in [1.165, 1.54) is 0 Å². The van der Waals surface area contributed by atoms with E-state index >= 15 is 0 Å². The van der Waals surface area contributed by atoms with Gasteiger partial charge in [0.25, 0.3) is 0 Å². The Balaban J connectivity index is 1.30. The second kappa shape index (κ2) is 11.7. The zero-order valence-electron chi connectivity index (χ0n) is 25.3. The monoisotopic (exact) mass is 598 g/mol. The van der Waals surface area contributed by atoms with Crippen LogP contribution in [0.15, 0.2) is 162 Å². The molecule has 47 heavy (non-hydrogen) atoms. The smallest absolute Gasteiger partial charge is 0.136 e. The molecule has 0 atom stereocenters. The van der Waals surface area contributed by atoms with Crippen LogP contribution in [0.4, 0.5) is 0 Å². The molecule has 0 aliphatic carbocycles. The van der Waals surface area contributed by atoms with E-state index in [0.29, 0.717) is 11.1 Å². The highest BCUT2D eigenvalue weighted by Gasteiger charge is 2.18. The Kier molecular flexibility index (Phi) is 6.92. The van der Waals surface area contributed by atoms with Crippen LogP contribution in [0.5, 0.6) is 0 Å². The van der Waals surface area contributed by atoms with Gasteiger partial charge < -0.3 is 4.42 Å². The van der Waals surface area contributed by atoms with Gasteiger partial charge in [0.2, 0.25) is 0 Å². The molecule has 1 heterocycles. The lowest BCUT2D eigenvalue weighted by molar-refractivity contribution is 0.669. The Morgan fingerprint density at radius 1 is 0.383 bits per heavy atom. The molecule has 0 amide bonds. The van der Waals surface area contributed by atoms with Crippen LogP contribution < -0.4 is 0 Å². The van der Waals surface area contributed by atoms with Crippen LogP contribution in [0.3, 0.4) is 0 Å². The molecular weight excluding hydrogens is 572 g/mol. The van der Waals surface area contributed by atoms with Crippen molar-refractivity contribution in [3.8, 4) is 67.8 Å². The molecule has 7 aromatic carbocycles. The topological polar surface area (TPSA) is 60.7 Å². The minimum atomic E-state index is 0.626. The standard InChI is InChI=1S/C44H26N2O/c45-27-34-14-7-8-15-36(34)37-16-9-17-42-44(37)38-23-22-33(26-43(38)47-42)35-24-39(31-12-5-2-6-13-31)41(28-46)40(25-35)32-20-18-30(19-21-32)29-10-3-1-4-11-29/h1-26H. The quantitative estimate of drug-likeness (QED) is 0.198. The predicted molar refractivity (Wildman–Crippen MR) is 190 cm³/mol. The molecule has 8 rings (SSSR count). The van der Waals surface area contributed by atoms with Crippen LogP contribution in [0.1, 0.15) is 11.1 Å². The van der Waals surface area contributed by atoms with Crippen LogP contribution >= 0.6 is 0 Å². The number of hydrogen-bond acceptors (Lipinski definition) is 3. The minimum Gasteiger partial charge on any atom is -0.456 e. The van der Waals surface area contributed by atoms with Crippen molar-refractivity contribution in [3.05, 3.63) is 169 Å². The minimum absolute atomic E-state index is 0.626. The summed E-state index contributed by atoms with van der Waals surface area (Å²) < 4.78 is 6.44. The third-order valence-electron chi connectivity index (χ3n) is 8.81. The van der Waals surface area contributed by atoms with E-state index in [-0.39, 0.29) is 0 Å². The van der Waals surface area contributed by atoms with E-state index in [2.05, 4.69) is 78.9 Å². The van der Waals surface area contributed by atoms with E-state index in [1.807, 2.05) is 91.0 Å². The first-order valence-corrected chi connectivity index (χ1v) is 15.5. The summed E-state index contributed by atoms with van der Waals surface area (Å²) in [7, 11) is 0. The van der Waals surface area contributed by atoms with Gasteiger partial charge in [-0.1, -0.05) is 121 Å². The average Bonchev–Trinajstić information content (AvgIpc) is 3.53. The number of benzene rings is 7. The molecule has 3 heteroatoms. The van der Waals surface area contributed by atoms with E-state index < -0.39 is 0 Å². The van der Waals surface area contributed by atoms with Gasteiger partial charge in [-0.2, -0.15) is 10.5 Å². The van der Waals surface area contributed by atoms with Crippen LogP contribution in [-0.2, 0) is 0 Å². The Hall–Kier alpha value is -6.68. The Morgan fingerprint density at radius 2 is 0.957 bits per heavy atom. The average molecular weight is 599 g/mol. The molecular formula is C44H26N2O. The molecule has 8 aromatic rings. The molecule has 0 spiro atoms. The van der Waals surface area contributed by atoms with E-state index in [0.717, 1.165) is 77.6 Å². The maximum Gasteiger partial charge on any atom is 0.136 e. The van der Waals surface area contributed by atoms with Gasteiger partial charge in [-0.3, -0.25) is 0 Å². The zero-order chi connectivity index (χ0) is 31.7. The van der Waals surface area contributed by atoms with Crippen molar-refractivity contribution in [2.45, 2.75) is 0 Å². The van der Waals surface area contributed by atoms with E-state index in [4.69, 9.17) is 4.42 Å². The van der Waals surface area contributed by atoms with Crippen LogP contribution in [-0.4, -0.2) is 0 Å². The third kappa shape index (κ3) is 4.94. The van der Waals surface area contributed by atoms with Gasteiger partial charge in [0.05, 0.1) is 17.2 Å². The van der Waals surface area contributed by atoms with Gasteiger partial charge >= 0.3 is 0 Å². The van der Waals surface area contributed by atoms with Crippen molar-refractivity contribution in [2.24, 2.45) is 0 Å². The number of rotatable bonds is 5. The molecule has 0 saturated heterocycles. The van der Waals surface area contributed by atoms with Crippen molar-refractivity contribution in [2.75, 3.05) is 0 Å². The Labute approximate surface area is 272 Å². The lowest BCUT2D eigenvalue weighted by Gasteiger charge is -2.15. The van der Waals surface area contributed by atoms with Gasteiger partial charge in [-0.15, -0.1) is 0 Å². The van der Waals surface area contributed by atoms with Crippen molar-refractivity contribution < 1.29 is 4.42 Å². The molecule has 0 unspecified atom stereocenters. The van der Waals surface area contributed by atoms with Gasteiger partial charge in [-0.05, 0) is 75.3 Å². The van der Waals surface area contributed by atoms with Crippen molar-refractivity contribution in [1.29, 1.82) is 10.5 Å². The maximum absolute atomic E-state index is 10.5. The molecule has 3 nitrogen and oxygen atoms in total. The molecule has 0 N–H and O–H groups in total. The fraction of sp³-hybridized carbons (Fsp3) is 0.